The topological polar surface area (TPSA) is 88.1 Å². The van der Waals surface area contributed by atoms with Gasteiger partial charge in [0.2, 0.25) is 0 Å². The van der Waals surface area contributed by atoms with Gasteiger partial charge in [-0.2, -0.15) is 0 Å². The van der Waals surface area contributed by atoms with Gasteiger partial charge in [-0.05, 0) is 53.6 Å². The van der Waals surface area contributed by atoms with Gasteiger partial charge < -0.3 is 19.9 Å². The first-order valence-electron chi connectivity index (χ1n) is 9.94. The molecule has 0 spiro atoms. The van der Waals surface area contributed by atoms with Crippen molar-refractivity contribution in [2.24, 2.45) is 0 Å². The molecule has 32 heavy (non-hydrogen) atoms. The van der Waals surface area contributed by atoms with Gasteiger partial charge in [-0.1, -0.05) is 36.4 Å². The van der Waals surface area contributed by atoms with Crippen molar-refractivity contribution >= 4 is 23.6 Å². The van der Waals surface area contributed by atoms with Gasteiger partial charge in [-0.3, -0.25) is 9.69 Å². The highest BCUT2D eigenvalue weighted by atomic mass is 16.5. The fourth-order valence-corrected chi connectivity index (χ4v) is 3.63. The summed E-state index contributed by atoms with van der Waals surface area (Å²) < 4.78 is 10.6. The lowest BCUT2D eigenvalue weighted by Gasteiger charge is -2.24. The fourth-order valence-electron chi connectivity index (χ4n) is 3.63. The molecule has 1 heterocycles. The highest BCUT2D eigenvalue weighted by molar-refractivity contribution is 6.11. The van der Waals surface area contributed by atoms with E-state index in [1.165, 1.54) is 12.1 Å². The minimum atomic E-state index is -1.02. The molecule has 2 N–H and O–H groups in total. The van der Waals surface area contributed by atoms with Crippen LogP contribution >= 0.6 is 0 Å². The maximum absolute atomic E-state index is 13.4. The van der Waals surface area contributed by atoms with Crippen molar-refractivity contribution in [2.45, 2.75) is 6.17 Å². The Morgan fingerprint density at radius 1 is 0.969 bits per heavy atom. The zero-order valence-electron chi connectivity index (χ0n) is 17.6. The molecular formula is C25H22N2O5. The molecule has 1 atom stereocenters. The van der Waals surface area contributed by atoms with Crippen molar-refractivity contribution in [3.8, 4) is 11.5 Å². The normalized spacial score (nSPS) is 16.7. The number of nitrogens with zero attached hydrogens (tertiary/aromatic N) is 1. The van der Waals surface area contributed by atoms with E-state index in [0.717, 1.165) is 11.1 Å². The summed E-state index contributed by atoms with van der Waals surface area (Å²) in [6.45, 7) is 0. The second-order valence-corrected chi connectivity index (χ2v) is 7.16. The van der Waals surface area contributed by atoms with Crippen molar-refractivity contribution in [1.82, 2.24) is 5.32 Å². The number of anilines is 1. The molecule has 1 amide bonds. The third-order valence-corrected chi connectivity index (χ3v) is 5.23. The molecular weight excluding hydrogens is 408 g/mol. The molecule has 0 radical (unpaired) electrons. The Morgan fingerprint density at radius 2 is 1.66 bits per heavy atom. The van der Waals surface area contributed by atoms with E-state index in [-0.39, 0.29) is 11.5 Å². The van der Waals surface area contributed by atoms with Gasteiger partial charge in [-0.25, -0.2) is 4.79 Å². The summed E-state index contributed by atoms with van der Waals surface area (Å²) in [5, 5.41) is 12.5. The highest BCUT2D eigenvalue weighted by Crippen LogP contribution is 2.34. The van der Waals surface area contributed by atoms with Crippen molar-refractivity contribution < 1.29 is 24.2 Å². The molecule has 3 aromatic carbocycles. The summed E-state index contributed by atoms with van der Waals surface area (Å²) in [5.41, 5.74) is 2.84. The minimum Gasteiger partial charge on any atom is -0.493 e. The quantitative estimate of drug-likeness (QED) is 0.573. The van der Waals surface area contributed by atoms with E-state index < -0.39 is 12.1 Å². The van der Waals surface area contributed by atoms with Gasteiger partial charge in [0.1, 0.15) is 11.9 Å². The lowest BCUT2D eigenvalue weighted by Crippen LogP contribution is -2.30. The molecule has 1 saturated heterocycles. The molecule has 7 nitrogen and oxygen atoms in total. The third-order valence-electron chi connectivity index (χ3n) is 5.23. The Bertz CT molecular complexity index is 1170. The van der Waals surface area contributed by atoms with E-state index in [9.17, 15) is 14.7 Å². The van der Waals surface area contributed by atoms with Crippen LogP contribution in [0.4, 0.5) is 5.69 Å². The molecule has 0 bridgehead atoms. The van der Waals surface area contributed by atoms with E-state index in [4.69, 9.17) is 9.47 Å². The number of rotatable bonds is 6. The molecule has 0 aromatic heterocycles. The van der Waals surface area contributed by atoms with Gasteiger partial charge in [0.05, 0.1) is 19.8 Å². The monoisotopic (exact) mass is 430 g/mol. The zero-order valence-corrected chi connectivity index (χ0v) is 17.6. The van der Waals surface area contributed by atoms with Crippen molar-refractivity contribution in [1.29, 1.82) is 0 Å². The number of ether oxygens (including phenoxy) is 2. The Labute approximate surface area is 185 Å². The van der Waals surface area contributed by atoms with Gasteiger partial charge >= 0.3 is 5.97 Å². The van der Waals surface area contributed by atoms with Gasteiger partial charge in [-0.15, -0.1) is 0 Å². The van der Waals surface area contributed by atoms with Gasteiger partial charge in [0.15, 0.2) is 11.5 Å². The number of carbonyl (C=O) groups excluding carboxylic acids is 1. The maximum atomic E-state index is 13.4. The Hall–Kier alpha value is -4.26. The van der Waals surface area contributed by atoms with E-state index in [0.29, 0.717) is 22.9 Å². The van der Waals surface area contributed by atoms with Crippen molar-refractivity contribution in [3.63, 3.8) is 0 Å². The van der Waals surface area contributed by atoms with Crippen molar-refractivity contribution in [3.05, 3.63) is 95.2 Å². The van der Waals surface area contributed by atoms with Crippen LogP contribution in [0.15, 0.2) is 78.5 Å². The number of hydrogen-bond acceptors (Lipinski definition) is 5. The number of aromatic carboxylic acids is 1. The molecule has 0 unspecified atom stereocenters. The number of benzene rings is 3. The van der Waals surface area contributed by atoms with Gasteiger partial charge in [0, 0.05) is 5.69 Å². The van der Waals surface area contributed by atoms with Crippen LogP contribution in [0.3, 0.4) is 0 Å². The molecule has 3 aromatic rings. The predicted octanol–water partition coefficient (Wildman–Crippen LogP) is 4.08. The summed E-state index contributed by atoms with van der Waals surface area (Å²) in [6, 6.07) is 21.3. The summed E-state index contributed by atoms with van der Waals surface area (Å²) in [4.78, 5) is 26.2. The largest absolute Gasteiger partial charge is 0.493 e. The van der Waals surface area contributed by atoms with E-state index in [2.05, 4.69) is 5.32 Å². The smallest absolute Gasteiger partial charge is 0.335 e. The molecule has 7 heteroatoms. The summed E-state index contributed by atoms with van der Waals surface area (Å²) in [5.74, 6) is -0.0801. The van der Waals surface area contributed by atoms with Crippen LogP contribution in [0.5, 0.6) is 11.5 Å². The maximum Gasteiger partial charge on any atom is 0.335 e. The number of carboxylic acid groups (broad SMARTS) is 1. The summed E-state index contributed by atoms with van der Waals surface area (Å²) >= 11 is 0. The summed E-state index contributed by atoms with van der Waals surface area (Å²) in [7, 11) is 3.12. The number of carbonyl (C=O) groups is 2. The lowest BCUT2D eigenvalue weighted by molar-refractivity contribution is -0.114. The average molecular weight is 430 g/mol. The molecule has 0 aliphatic carbocycles. The molecule has 0 saturated carbocycles. The SMILES string of the molecule is COc1ccc(/C=C2/N[C@@H](c3ccccc3)N(c3ccc(C(=O)O)cc3)C2=O)cc1OC. The van der Waals surface area contributed by atoms with Crippen molar-refractivity contribution in [2.75, 3.05) is 19.1 Å². The Morgan fingerprint density at radius 3 is 2.28 bits per heavy atom. The Balaban J connectivity index is 1.74. The number of hydrogen-bond donors (Lipinski definition) is 2. The molecule has 1 fully saturated rings. The Kier molecular flexibility index (Phi) is 5.81. The second kappa shape index (κ2) is 8.85. The van der Waals surface area contributed by atoms with Crippen LogP contribution in [0.1, 0.15) is 27.7 Å². The van der Waals surface area contributed by atoms with Crippen LogP contribution < -0.4 is 19.7 Å². The van der Waals surface area contributed by atoms with E-state index >= 15 is 0 Å². The number of amides is 1. The fraction of sp³-hybridized carbons (Fsp3) is 0.120. The average Bonchev–Trinajstić information content (AvgIpc) is 3.15. The van der Waals surface area contributed by atoms with Crippen LogP contribution in [0.2, 0.25) is 0 Å². The minimum absolute atomic E-state index is 0.158. The van der Waals surface area contributed by atoms with E-state index in [1.807, 2.05) is 36.4 Å². The summed E-state index contributed by atoms with van der Waals surface area (Å²) in [6.07, 6.45) is 1.32. The molecule has 1 aliphatic heterocycles. The molecule has 1 aliphatic rings. The first-order valence-corrected chi connectivity index (χ1v) is 9.94. The number of carboxylic acids is 1. The van der Waals surface area contributed by atoms with Crippen LogP contribution in [0, 0.1) is 0 Å². The van der Waals surface area contributed by atoms with Crippen LogP contribution in [0.25, 0.3) is 6.08 Å². The van der Waals surface area contributed by atoms with Crippen LogP contribution in [-0.2, 0) is 4.79 Å². The standard InChI is InChI=1S/C25H22N2O5/c1-31-21-13-8-16(15-22(21)32-2)14-20-24(28)27(19-11-9-18(10-12-19)25(29)30)23(26-20)17-6-4-3-5-7-17/h3-15,23,26H,1-2H3,(H,29,30)/b20-14+/t23-/m1/s1. The van der Waals surface area contributed by atoms with Gasteiger partial charge in [0.25, 0.3) is 5.91 Å². The van der Waals surface area contributed by atoms with E-state index in [1.54, 1.807) is 49.5 Å². The first-order chi connectivity index (χ1) is 15.5. The highest BCUT2D eigenvalue weighted by Gasteiger charge is 2.36. The lowest BCUT2D eigenvalue weighted by atomic mass is 10.1. The third kappa shape index (κ3) is 4.00. The molecule has 4 rings (SSSR count). The number of nitrogens with one attached hydrogen (secondary N) is 1. The zero-order chi connectivity index (χ0) is 22.7. The number of methoxy groups -OCH3 is 2. The van der Waals surface area contributed by atoms with Crippen LogP contribution in [-0.4, -0.2) is 31.2 Å². The second-order valence-electron chi connectivity index (χ2n) is 7.16. The first kappa shape index (κ1) is 21.0. The molecule has 162 valence electrons. The predicted molar refractivity (Wildman–Crippen MR) is 121 cm³/mol.